The number of alkyl halides is 1. The Labute approximate surface area is 212 Å². The van der Waals surface area contributed by atoms with Gasteiger partial charge in [-0.2, -0.15) is 0 Å². The number of carbonyl (C=O) groups is 1. The lowest BCUT2D eigenvalue weighted by Crippen LogP contribution is -2.43. The first-order chi connectivity index (χ1) is 17.3. The maximum Gasteiger partial charge on any atom is 0.393 e. The fourth-order valence-electron chi connectivity index (χ4n) is 3.56. The molecule has 0 spiro atoms. The van der Waals surface area contributed by atoms with E-state index < -0.39 is 67.9 Å². The number of halogens is 1. The van der Waals surface area contributed by atoms with Crippen molar-refractivity contribution in [2.24, 2.45) is 0 Å². The highest BCUT2D eigenvalue weighted by Gasteiger charge is 2.55. The summed E-state index contributed by atoms with van der Waals surface area (Å²) < 4.78 is 51.7. The smallest absolute Gasteiger partial charge is 0.393 e. The predicted octanol–water partition coefficient (Wildman–Crippen LogP) is 1.70. The molecule has 1 saturated heterocycles. The number of rotatable bonds is 11. The average molecular weight is 543 g/mol. The highest BCUT2D eigenvalue weighted by atomic mass is 31.2. The van der Waals surface area contributed by atoms with E-state index in [1.165, 1.54) is 6.92 Å². The molecule has 0 radical (unpaired) electrons. The topological polar surface area (TPSA) is 158 Å². The van der Waals surface area contributed by atoms with Crippen LogP contribution in [0.1, 0.15) is 33.9 Å². The normalized spacial score (nSPS) is 26.0. The van der Waals surface area contributed by atoms with Gasteiger partial charge in [-0.1, -0.05) is 18.2 Å². The molecule has 0 aliphatic carbocycles. The van der Waals surface area contributed by atoms with E-state index in [1.54, 1.807) is 44.2 Å². The predicted molar refractivity (Wildman–Crippen MR) is 130 cm³/mol. The SMILES string of the molecule is CC(C)OC(=O)[C@H](C)NC[P@@](=O)(OC[C@H]1O[C@@H](n2ccc(=O)[nH]c2=O)[C@](C)(F)[C@@H]1O)Oc1ccccc1. The molecule has 0 bridgehead atoms. The molecule has 12 nitrogen and oxygen atoms in total. The molecule has 204 valence electrons. The summed E-state index contributed by atoms with van der Waals surface area (Å²) in [7, 11) is -4.05. The highest BCUT2D eigenvalue weighted by molar-refractivity contribution is 7.54. The van der Waals surface area contributed by atoms with Crippen LogP contribution in [0, 0.1) is 0 Å². The second-order valence-electron chi connectivity index (χ2n) is 9.02. The first-order valence-electron chi connectivity index (χ1n) is 11.6. The van der Waals surface area contributed by atoms with Crippen molar-refractivity contribution in [3.8, 4) is 5.75 Å². The van der Waals surface area contributed by atoms with Crippen molar-refractivity contribution in [3.63, 3.8) is 0 Å². The number of para-hydroxylation sites is 1. The quantitative estimate of drug-likeness (QED) is 0.281. The molecule has 1 fully saturated rings. The summed E-state index contributed by atoms with van der Waals surface area (Å²) in [4.78, 5) is 37.6. The number of H-pyrrole nitrogens is 1. The number of aliphatic hydroxyl groups excluding tert-OH is 1. The second-order valence-corrected chi connectivity index (χ2v) is 11.0. The minimum atomic E-state index is -4.05. The van der Waals surface area contributed by atoms with E-state index in [1.807, 2.05) is 4.98 Å². The van der Waals surface area contributed by atoms with Crippen LogP contribution in [0.25, 0.3) is 0 Å². The van der Waals surface area contributed by atoms with E-state index in [0.29, 0.717) is 0 Å². The summed E-state index contributed by atoms with van der Waals surface area (Å²) in [5.74, 6) is -0.357. The number of ether oxygens (including phenoxy) is 2. The first kappa shape index (κ1) is 28.7. The van der Waals surface area contributed by atoms with Crippen LogP contribution in [0.4, 0.5) is 4.39 Å². The van der Waals surface area contributed by atoms with Crippen LogP contribution in [-0.4, -0.2) is 63.5 Å². The molecular formula is C23H31FN3O9P. The Bertz CT molecular complexity index is 1230. The number of hydrogen-bond donors (Lipinski definition) is 3. The van der Waals surface area contributed by atoms with Gasteiger partial charge in [0.2, 0.25) is 0 Å². The van der Waals surface area contributed by atoms with Crippen molar-refractivity contribution in [1.82, 2.24) is 14.9 Å². The zero-order valence-electron chi connectivity index (χ0n) is 20.8. The fourth-order valence-corrected chi connectivity index (χ4v) is 5.09. The molecule has 0 unspecified atom stereocenters. The number of benzene rings is 1. The Morgan fingerprint density at radius 3 is 2.57 bits per heavy atom. The summed E-state index contributed by atoms with van der Waals surface area (Å²) in [5, 5.41) is 13.3. The molecule has 1 aromatic heterocycles. The van der Waals surface area contributed by atoms with Gasteiger partial charge in [-0.3, -0.25) is 29.0 Å². The van der Waals surface area contributed by atoms with E-state index in [4.69, 9.17) is 18.5 Å². The van der Waals surface area contributed by atoms with E-state index in [0.717, 1.165) is 23.8 Å². The molecule has 14 heteroatoms. The number of nitrogens with zero attached hydrogens (tertiary/aromatic N) is 1. The Hall–Kier alpha value is -2.83. The summed E-state index contributed by atoms with van der Waals surface area (Å²) in [6.07, 6.45) is -4.46. The van der Waals surface area contributed by atoms with Crippen LogP contribution in [0.2, 0.25) is 0 Å². The number of hydrogen-bond acceptors (Lipinski definition) is 10. The monoisotopic (exact) mass is 543 g/mol. The minimum Gasteiger partial charge on any atom is -0.462 e. The Balaban J connectivity index is 1.76. The lowest BCUT2D eigenvalue weighted by Gasteiger charge is -2.25. The van der Waals surface area contributed by atoms with Gasteiger partial charge in [-0.25, -0.2) is 13.8 Å². The van der Waals surface area contributed by atoms with Crippen molar-refractivity contribution in [3.05, 3.63) is 63.4 Å². The highest BCUT2D eigenvalue weighted by Crippen LogP contribution is 2.49. The third-order valence-corrected chi connectivity index (χ3v) is 7.14. The van der Waals surface area contributed by atoms with Crippen LogP contribution in [0.5, 0.6) is 5.75 Å². The van der Waals surface area contributed by atoms with Gasteiger partial charge in [0.1, 0.15) is 30.3 Å². The van der Waals surface area contributed by atoms with E-state index >= 15 is 4.39 Å². The molecule has 1 aliphatic rings. The average Bonchev–Trinajstić information content (AvgIpc) is 3.05. The number of aromatic amines is 1. The van der Waals surface area contributed by atoms with Gasteiger partial charge in [0, 0.05) is 12.3 Å². The Kier molecular flexibility index (Phi) is 9.09. The van der Waals surface area contributed by atoms with Crippen LogP contribution in [-0.2, 0) is 23.4 Å². The summed E-state index contributed by atoms with van der Waals surface area (Å²) in [5.41, 5.74) is -4.08. The molecule has 2 aromatic rings. The largest absolute Gasteiger partial charge is 0.462 e. The number of aliphatic hydroxyl groups is 1. The van der Waals surface area contributed by atoms with Gasteiger partial charge in [0.05, 0.1) is 12.7 Å². The van der Waals surface area contributed by atoms with Gasteiger partial charge in [-0.15, -0.1) is 0 Å². The van der Waals surface area contributed by atoms with Gasteiger partial charge < -0.3 is 19.1 Å². The Morgan fingerprint density at radius 1 is 1.27 bits per heavy atom. The summed E-state index contributed by atoms with van der Waals surface area (Å²) in [6, 6.07) is 8.29. The van der Waals surface area contributed by atoms with E-state index in [2.05, 4.69) is 5.32 Å². The van der Waals surface area contributed by atoms with E-state index in [9.17, 15) is 24.1 Å². The molecule has 3 N–H and O–H groups in total. The van der Waals surface area contributed by atoms with Crippen molar-refractivity contribution in [2.75, 3.05) is 12.9 Å². The fraction of sp³-hybridized carbons (Fsp3) is 0.522. The standard InChI is InChI=1S/C23H31FN3O9P/c1-14(2)34-20(30)15(3)25-13-37(32,36-16-8-6-5-7-9-16)33-12-17-19(29)23(4,24)21(35-17)27-11-10-18(28)26-22(27)31/h5-11,14-15,17,19,21,25,29H,12-13H2,1-4H3,(H,26,28,31)/t15-,17+,19+,21+,23+,37+/m0/s1. The molecule has 6 atom stereocenters. The van der Waals surface area contributed by atoms with Crippen LogP contribution < -0.4 is 21.1 Å². The number of aromatic nitrogens is 2. The van der Waals surface area contributed by atoms with Crippen LogP contribution in [0.15, 0.2) is 52.2 Å². The first-order valence-corrected chi connectivity index (χ1v) is 13.3. The molecule has 1 aliphatic heterocycles. The Morgan fingerprint density at radius 2 is 1.95 bits per heavy atom. The van der Waals surface area contributed by atoms with Crippen molar-refractivity contribution >= 4 is 13.6 Å². The maximum absolute atomic E-state index is 15.5. The number of nitrogens with one attached hydrogen (secondary N) is 2. The van der Waals surface area contributed by atoms with Gasteiger partial charge in [-0.05, 0) is 39.8 Å². The molecule has 1 aromatic carbocycles. The van der Waals surface area contributed by atoms with Crippen molar-refractivity contribution in [1.29, 1.82) is 0 Å². The molecular weight excluding hydrogens is 512 g/mol. The van der Waals surface area contributed by atoms with Crippen LogP contribution >= 0.6 is 7.60 Å². The number of esters is 1. The third kappa shape index (κ3) is 7.14. The van der Waals surface area contributed by atoms with E-state index in [-0.39, 0.29) is 11.9 Å². The second kappa shape index (κ2) is 11.7. The molecule has 0 saturated carbocycles. The molecule has 2 heterocycles. The van der Waals surface area contributed by atoms with Crippen molar-refractivity contribution < 1.29 is 37.4 Å². The zero-order chi connectivity index (χ0) is 27.4. The zero-order valence-corrected chi connectivity index (χ0v) is 21.7. The molecule has 0 amide bonds. The maximum atomic E-state index is 15.5. The van der Waals surface area contributed by atoms with Gasteiger partial charge in [0.25, 0.3) is 5.56 Å². The summed E-state index contributed by atoms with van der Waals surface area (Å²) in [6.45, 7) is 5.35. The minimum absolute atomic E-state index is 0.214. The van der Waals surface area contributed by atoms with Gasteiger partial charge >= 0.3 is 19.3 Å². The number of carbonyl (C=O) groups excluding carboxylic acids is 1. The van der Waals surface area contributed by atoms with Gasteiger partial charge in [0.15, 0.2) is 11.9 Å². The van der Waals surface area contributed by atoms with Crippen LogP contribution in [0.3, 0.4) is 0 Å². The van der Waals surface area contributed by atoms with Crippen molar-refractivity contribution in [2.45, 2.75) is 63.9 Å². The summed E-state index contributed by atoms with van der Waals surface area (Å²) >= 11 is 0. The molecule has 37 heavy (non-hydrogen) atoms. The molecule has 3 rings (SSSR count). The third-order valence-electron chi connectivity index (χ3n) is 5.54. The lowest BCUT2D eigenvalue weighted by atomic mass is 9.98. The lowest BCUT2D eigenvalue weighted by molar-refractivity contribution is -0.149.